The smallest absolute Gasteiger partial charge is 0.287 e. The van der Waals surface area contributed by atoms with Crippen molar-refractivity contribution in [1.29, 1.82) is 0 Å². The van der Waals surface area contributed by atoms with Gasteiger partial charge >= 0.3 is 0 Å². The van der Waals surface area contributed by atoms with E-state index in [0.29, 0.717) is 17.7 Å². The Bertz CT molecular complexity index is 850. The Kier molecular flexibility index (Phi) is 4.58. The second-order valence-corrected chi connectivity index (χ2v) is 8.85. The van der Waals surface area contributed by atoms with E-state index in [2.05, 4.69) is 5.32 Å². The van der Waals surface area contributed by atoms with E-state index in [1.807, 2.05) is 6.07 Å². The van der Waals surface area contributed by atoms with Crippen molar-refractivity contribution < 1.29 is 17.6 Å². The highest BCUT2D eigenvalue weighted by atomic mass is 32.2. The molecule has 1 aromatic carbocycles. The molecule has 26 heavy (non-hydrogen) atoms. The van der Waals surface area contributed by atoms with E-state index in [4.69, 9.17) is 4.42 Å². The number of fused-ring (bicyclic) bond motifs is 2. The van der Waals surface area contributed by atoms with Crippen LogP contribution in [0.3, 0.4) is 0 Å². The summed E-state index contributed by atoms with van der Waals surface area (Å²) >= 11 is 0. The van der Waals surface area contributed by atoms with E-state index in [1.165, 1.54) is 6.26 Å². The molecule has 4 rings (SSSR count). The van der Waals surface area contributed by atoms with Crippen LogP contribution in [0.25, 0.3) is 0 Å². The van der Waals surface area contributed by atoms with Gasteiger partial charge in [-0.1, -0.05) is 24.6 Å². The zero-order valence-electron chi connectivity index (χ0n) is 14.4. The molecule has 3 heterocycles. The van der Waals surface area contributed by atoms with Crippen LogP contribution in [0, 0.1) is 0 Å². The van der Waals surface area contributed by atoms with Gasteiger partial charge in [-0.15, -0.1) is 0 Å². The molecule has 1 amide bonds. The van der Waals surface area contributed by atoms with E-state index >= 15 is 0 Å². The lowest BCUT2D eigenvalue weighted by molar-refractivity contribution is 0.0775. The molecule has 0 radical (unpaired) electrons. The lowest BCUT2D eigenvalue weighted by Crippen LogP contribution is -2.58. The van der Waals surface area contributed by atoms with Crippen molar-refractivity contribution in [1.82, 2.24) is 9.62 Å². The first-order valence-corrected chi connectivity index (χ1v) is 10.4. The number of hydrogen-bond acceptors (Lipinski definition) is 4. The van der Waals surface area contributed by atoms with Crippen molar-refractivity contribution in [2.24, 2.45) is 0 Å². The van der Waals surface area contributed by atoms with Gasteiger partial charge in [0.25, 0.3) is 5.91 Å². The Morgan fingerprint density at radius 2 is 1.73 bits per heavy atom. The SMILES string of the molecule is O=C(NC1C[C@H]2CCC[C@@H](C1)N2S(=O)(=O)c1ccccc1)c1ccco1. The summed E-state index contributed by atoms with van der Waals surface area (Å²) in [6.07, 6.45) is 5.42. The topological polar surface area (TPSA) is 79.6 Å². The molecule has 7 heteroatoms. The standard InChI is InChI=1S/C19H22N2O4S/c22-19(18-10-5-11-25-18)20-14-12-15-6-4-7-16(13-14)21(15)26(23,24)17-8-2-1-3-9-17/h1-3,5,8-11,14-16H,4,6-7,12-13H2,(H,20,22)/t14?,15-,16+. The molecule has 138 valence electrons. The van der Waals surface area contributed by atoms with Crippen LogP contribution in [-0.4, -0.2) is 36.8 Å². The molecule has 2 aliphatic rings. The quantitative estimate of drug-likeness (QED) is 0.892. The zero-order chi connectivity index (χ0) is 18.1. The largest absolute Gasteiger partial charge is 0.459 e. The predicted octanol–water partition coefficient (Wildman–Crippen LogP) is 2.78. The van der Waals surface area contributed by atoms with Crippen LogP contribution in [0.1, 0.15) is 42.7 Å². The number of piperidine rings is 2. The minimum atomic E-state index is -3.51. The Morgan fingerprint density at radius 3 is 2.35 bits per heavy atom. The molecule has 2 aliphatic heterocycles. The molecule has 2 fully saturated rings. The average molecular weight is 374 g/mol. The van der Waals surface area contributed by atoms with Crippen LogP contribution in [0.4, 0.5) is 0 Å². The number of benzene rings is 1. The van der Waals surface area contributed by atoms with Crippen LogP contribution in [0.2, 0.25) is 0 Å². The number of nitrogens with zero attached hydrogens (tertiary/aromatic N) is 1. The van der Waals surface area contributed by atoms with E-state index < -0.39 is 10.0 Å². The van der Waals surface area contributed by atoms with Crippen molar-refractivity contribution in [3.05, 3.63) is 54.5 Å². The highest BCUT2D eigenvalue weighted by Gasteiger charge is 2.45. The van der Waals surface area contributed by atoms with Crippen LogP contribution in [0.5, 0.6) is 0 Å². The fourth-order valence-electron chi connectivity index (χ4n) is 4.23. The first-order valence-electron chi connectivity index (χ1n) is 8.98. The van der Waals surface area contributed by atoms with Crippen molar-refractivity contribution in [3.8, 4) is 0 Å². The Balaban J connectivity index is 1.53. The molecule has 2 aromatic rings. The zero-order valence-corrected chi connectivity index (χ0v) is 15.2. The third-order valence-corrected chi connectivity index (χ3v) is 7.33. The van der Waals surface area contributed by atoms with Gasteiger partial charge in [0, 0.05) is 18.1 Å². The number of hydrogen-bond donors (Lipinski definition) is 1. The van der Waals surface area contributed by atoms with Gasteiger partial charge in [0.2, 0.25) is 10.0 Å². The maximum absolute atomic E-state index is 13.1. The molecule has 3 atom stereocenters. The lowest BCUT2D eigenvalue weighted by Gasteiger charge is -2.47. The Morgan fingerprint density at radius 1 is 1.04 bits per heavy atom. The second kappa shape index (κ2) is 6.89. The monoisotopic (exact) mass is 374 g/mol. The number of nitrogens with one attached hydrogen (secondary N) is 1. The molecule has 6 nitrogen and oxygen atoms in total. The molecular formula is C19H22N2O4S. The summed E-state index contributed by atoms with van der Waals surface area (Å²) in [7, 11) is -3.51. The van der Waals surface area contributed by atoms with Gasteiger partial charge in [0.05, 0.1) is 11.2 Å². The van der Waals surface area contributed by atoms with E-state index in [0.717, 1.165) is 19.3 Å². The number of carbonyl (C=O) groups is 1. The van der Waals surface area contributed by atoms with Gasteiger partial charge in [-0.25, -0.2) is 8.42 Å². The van der Waals surface area contributed by atoms with Gasteiger partial charge < -0.3 is 9.73 Å². The van der Waals surface area contributed by atoms with Gasteiger partial charge in [-0.3, -0.25) is 4.79 Å². The van der Waals surface area contributed by atoms with Crippen LogP contribution in [-0.2, 0) is 10.0 Å². The van der Waals surface area contributed by atoms with E-state index in [-0.39, 0.29) is 29.8 Å². The van der Waals surface area contributed by atoms with Gasteiger partial charge in [-0.05, 0) is 49.9 Å². The minimum Gasteiger partial charge on any atom is -0.459 e. The summed E-state index contributed by atoms with van der Waals surface area (Å²) in [4.78, 5) is 12.6. The lowest BCUT2D eigenvalue weighted by atomic mass is 9.84. The van der Waals surface area contributed by atoms with Crippen molar-refractivity contribution in [3.63, 3.8) is 0 Å². The fraction of sp³-hybridized carbons (Fsp3) is 0.421. The van der Waals surface area contributed by atoms with Crippen LogP contribution in [0.15, 0.2) is 58.0 Å². The summed E-state index contributed by atoms with van der Waals surface area (Å²) in [6, 6.07) is 11.7. The van der Waals surface area contributed by atoms with Crippen molar-refractivity contribution in [2.75, 3.05) is 0 Å². The normalized spacial score (nSPS) is 26.4. The third-order valence-electron chi connectivity index (χ3n) is 5.31. The molecule has 1 unspecified atom stereocenters. The fourth-order valence-corrected chi connectivity index (χ4v) is 6.14. The predicted molar refractivity (Wildman–Crippen MR) is 96.1 cm³/mol. The molecule has 0 aliphatic carbocycles. The first kappa shape index (κ1) is 17.3. The number of carbonyl (C=O) groups excluding carboxylic acids is 1. The number of amides is 1. The van der Waals surface area contributed by atoms with Gasteiger partial charge in [-0.2, -0.15) is 4.31 Å². The molecule has 1 N–H and O–H groups in total. The Labute approximate surface area is 153 Å². The maximum Gasteiger partial charge on any atom is 0.287 e. The third kappa shape index (κ3) is 3.17. The summed E-state index contributed by atoms with van der Waals surface area (Å²) in [5, 5.41) is 3.01. The molecule has 1 aromatic heterocycles. The van der Waals surface area contributed by atoms with E-state index in [1.54, 1.807) is 40.7 Å². The highest BCUT2D eigenvalue weighted by Crippen LogP contribution is 2.38. The summed E-state index contributed by atoms with van der Waals surface area (Å²) in [5.74, 6) is 0.0481. The molecule has 0 saturated carbocycles. The molecule has 2 bridgehead atoms. The second-order valence-electron chi connectivity index (χ2n) is 7.01. The number of sulfonamides is 1. The van der Waals surface area contributed by atoms with Crippen molar-refractivity contribution in [2.45, 2.75) is 55.1 Å². The first-order chi connectivity index (χ1) is 12.6. The summed E-state index contributed by atoms with van der Waals surface area (Å²) < 4.78 is 33.1. The summed E-state index contributed by atoms with van der Waals surface area (Å²) in [6.45, 7) is 0. The molecular weight excluding hydrogens is 352 g/mol. The van der Waals surface area contributed by atoms with Crippen LogP contribution >= 0.6 is 0 Å². The van der Waals surface area contributed by atoms with Gasteiger partial charge in [0.1, 0.15) is 0 Å². The number of furan rings is 1. The van der Waals surface area contributed by atoms with E-state index in [9.17, 15) is 13.2 Å². The van der Waals surface area contributed by atoms with Gasteiger partial charge in [0.15, 0.2) is 5.76 Å². The molecule has 2 saturated heterocycles. The van der Waals surface area contributed by atoms with Crippen LogP contribution < -0.4 is 5.32 Å². The summed E-state index contributed by atoms with van der Waals surface area (Å²) in [5.41, 5.74) is 0. The highest BCUT2D eigenvalue weighted by molar-refractivity contribution is 7.89. The van der Waals surface area contributed by atoms with Crippen molar-refractivity contribution >= 4 is 15.9 Å². The minimum absolute atomic E-state index is 0.0369. The average Bonchev–Trinajstić information content (AvgIpc) is 3.16. The maximum atomic E-state index is 13.1. The Hall–Kier alpha value is -2.12. The molecule has 0 spiro atoms. The number of rotatable bonds is 4.